The fraction of sp³-hybridized carbons (Fsp3) is 0.133. The molecule has 2 rings (SSSR count). The van der Waals surface area contributed by atoms with Crippen LogP contribution in [0.2, 0.25) is 0 Å². The van der Waals surface area contributed by atoms with Crippen molar-refractivity contribution in [2.75, 3.05) is 5.32 Å². The van der Waals surface area contributed by atoms with Crippen LogP contribution >= 0.6 is 0 Å². The van der Waals surface area contributed by atoms with E-state index in [0.717, 1.165) is 30.3 Å². The Balaban J connectivity index is 2.20. The minimum Gasteiger partial charge on any atom is -0.322 e. The maximum Gasteiger partial charge on any atom is 0.416 e. The molecule has 0 heterocycles. The molecule has 116 valence electrons. The summed E-state index contributed by atoms with van der Waals surface area (Å²) in [6.45, 7) is 0. The Kier molecular flexibility index (Phi) is 4.44. The number of hydrogen-bond acceptors (Lipinski definition) is 1. The molecule has 2 aromatic rings. The first-order chi connectivity index (χ1) is 10.3. The Morgan fingerprint density at radius 3 is 2.32 bits per heavy atom. The van der Waals surface area contributed by atoms with Gasteiger partial charge in [-0.1, -0.05) is 18.2 Å². The Morgan fingerprint density at radius 1 is 1.00 bits per heavy atom. The summed E-state index contributed by atoms with van der Waals surface area (Å²) in [5.74, 6) is -0.762. The second-order valence-electron chi connectivity index (χ2n) is 4.46. The highest BCUT2D eigenvalue weighted by atomic mass is 19.4. The molecule has 0 radical (unpaired) electrons. The van der Waals surface area contributed by atoms with Gasteiger partial charge in [0.15, 0.2) is 0 Å². The lowest BCUT2D eigenvalue weighted by atomic mass is 10.1. The molecule has 0 aliphatic carbocycles. The smallest absolute Gasteiger partial charge is 0.322 e. The fourth-order valence-electron chi connectivity index (χ4n) is 1.79. The van der Waals surface area contributed by atoms with Crippen molar-refractivity contribution in [3.63, 3.8) is 0 Å². The summed E-state index contributed by atoms with van der Waals surface area (Å²) in [7, 11) is 0. The molecule has 1 N–H and O–H groups in total. The lowest BCUT2D eigenvalue weighted by molar-refractivity contribution is -0.137. The minimum absolute atomic E-state index is 0.0600. The van der Waals surface area contributed by atoms with Crippen LogP contribution in [0.15, 0.2) is 48.5 Å². The molecule has 0 saturated heterocycles. The second kappa shape index (κ2) is 6.13. The lowest BCUT2D eigenvalue weighted by Gasteiger charge is -2.10. The molecular weight excluding hydrogens is 305 g/mol. The van der Waals surface area contributed by atoms with Gasteiger partial charge in [-0.15, -0.1) is 0 Å². The molecule has 0 saturated carbocycles. The van der Waals surface area contributed by atoms with Crippen molar-refractivity contribution in [1.82, 2.24) is 0 Å². The predicted molar refractivity (Wildman–Crippen MR) is 70.8 cm³/mol. The van der Waals surface area contributed by atoms with Crippen LogP contribution in [-0.4, -0.2) is 5.91 Å². The van der Waals surface area contributed by atoms with Crippen LogP contribution in [0.4, 0.5) is 27.6 Å². The topological polar surface area (TPSA) is 29.1 Å². The summed E-state index contributed by atoms with van der Waals surface area (Å²) in [5, 5.41) is 2.25. The van der Waals surface area contributed by atoms with Crippen molar-refractivity contribution >= 4 is 11.6 Å². The average molecular weight is 315 g/mol. The molecule has 22 heavy (non-hydrogen) atoms. The summed E-state index contributed by atoms with van der Waals surface area (Å²) in [5.41, 5.74) is -1.37. The van der Waals surface area contributed by atoms with Crippen molar-refractivity contribution in [3.05, 3.63) is 65.2 Å². The van der Waals surface area contributed by atoms with Crippen LogP contribution in [0.1, 0.15) is 27.9 Å². The number of rotatable bonds is 3. The van der Waals surface area contributed by atoms with Gasteiger partial charge >= 0.3 is 6.18 Å². The van der Waals surface area contributed by atoms with Crippen molar-refractivity contribution in [2.45, 2.75) is 12.6 Å². The Morgan fingerprint density at radius 2 is 1.68 bits per heavy atom. The first-order valence-electron chi connectivity index (χ1n) is 6.14. The third-order valence-corrected chi connectivity index (χ3v) is 2.85. The van der Waals surface area contributed by atoms with E-state index in [0.29, 0.717) is 0 Å². The molecule has 0 aliphatic heterocycles. The summed E-state index contributed by atoms with van der Waals surface area (Å²) in [4.78, 5) is 11.9. The van der Waals surface area contributed by atoms with Crippen LogP contribution in [0, 0.1) is 0 Å². The van der Waals surface area contributed by atoms with Gasteiger partial charge in [-0.05, 0) is 30.3 Å². The standard InChI is InChI=1S/C15H10F5NO/c16-13(17)9-3-1-4-10(7-9)14(22)21-12-6-2-5-11(8-12)15(18,19)20/h1-8,13H,(H,21,22). The molecule has 7 heteroatoms. The van der Waals surface area contributed by atoms with Gasteiger partial charge in [-0.25, -0.2) is 8.78 Å². The SMILES string of the molecule is O=C(Nc1cccc(C(F)(F)F)c1)c1cccc(C(F)F)c1. The van der Waals surface area contributed by atoms with Gasteiger partial charge in [0.25, 0.3) is 12.3 Å². The van der Waals surface area contributed by atoms with Crippen molar-refractivity contribution in [3.8, 4) is 0 Å². The molecule has 0 atom stereocenters. The normalized spacial score (nSPS) is 11.5. The number of halogens is 5. The quantitative estimate of drug-likeness (QED) is 0.802. The van der Waals surface area contributed by atoms with Crippen LogP contribution in [-0.2, 0) is 6.18 Å². The number of anilines is 1. The van der Waals surface area contributed by atoms with Gasteiger partial charge < -0.3 is 5.32 Å². The van der Waals surface area contributed by atoms with Gasteiger partial charge in [-0.2, -0.15) is 13.2 Å². The van der Waals surface area contributed by atoms with E-state index >= 15 is 0 Å². The summed E-state index contributed by atoms with van der Waals surface area (Å²) in [6.07, 6.45) is -7.27. The molecule has 2 nitrogen and oxygen atoms in total. The number of carbonyl (C=O) groups excluding carboxylic acids is 1. The summed E-state index contributed by atoms with van der Waals surface area (Å²) in [6, 6.07) is 8.80. The zero-order valence-electron chi connectivity index (χ0n) is 11.0. The maximum absolute atomic E-state index is 12.6. The van der Waals surface area contributed by atoms with E-state index in [2.05, 4.69) is 5.32 Å². The van der Waals surface area contributed by atoms with E-state index < -0.39 is 24.1 Å². The highest BCUT2D eigenvalue weighted by molar-refractivity contribution is 6.04. The van der Waals surface area contributed by atoms with Crippen LogP contribution < -0.4 is 5.32 Å². The highest BCUT2D eigenvalue weighted by Crippen LogP contribution is 2.30. The molecule has 0 aromatic heterocycles. The number of benzene rings is 2. The monoisotopic (exact) mass is 315 g/mol. The second-order valence-corrected chi connectivity index (χ2v) is 4.46. The third-order valence-electron chi connectivity index (χ3n) is 2.85. The molecule has 1 amide bonds. The number of hydrogen-bond donors (Lipinski definition) is 1. The molecule has 0 bridgehead atoms. The van der Waals surface area contributed by atoms with Gasteiger partial charge in [0.05, 0.1) is 5.56 Å². The van der Waals surface area contributed by atoms with Crippen LogP contribution in [0.3, 0.4) is 0 Å². The lowest BCUT2D eigenvalue weighted by Crippen LogP contribution is -2.13. The zero-order chi connectivity index (χ0) is 16.3. The highest BCUT2D eigenvalue weighted by Gasteiger charge is 2.30. The van der Waals surface area contributed by atoms with Crippen LogP contribution in [0.25, 0.3) is 0 Å². The van der Waals surface area contributed by atoms with E-state index in [-0.39, 0.29) is 16.8 Å². The zero-order valence-corrected chi connectivity index (χ0v) is 11.0. The van der Waals surface area contributed by atoms with Crippen molar-refractivity contribution in [2.24, 2.45) is 0 Å². The van der Waals surface area contributed by atoms with Crippen molar-refractivity contribution in [1.29, 1.82) is 0 Å². The molecule has 0 unspecified atom stereocenters. The molecular formula is C15H10F5NO. The Hall–Kier alpha value is -2.44. The summed E-state index contributed by atoms with van der Waals surface area (Å²) >= 11 is 0. The average Bonchev–Trinajstić information content (AvgIpc) is 2.46. The van der Waals surface area contributed by atoms with E-state index in [1.807, 2.05) is 0 Å². The fourth-order valence-corrected chi connectivity index (χ4v) is 1.79. The number of amides is 1. The molecule has 2 aromatic carbocycles. The van der Waals surface area contributed by atoms with Gasteiger partial charge in [0.2, 0.25) is 0 Å². The van der Waals surface area contributed by atoms with E-state index in [1.165, 1.54) is 18.2 Å². The number of alkyl halides is 5. The third kappa shape index (κ3) is 3.81. The van der Waals surface area contributed by atoms with Crippen LogP contribution in [0.5, 0.6) is 0 Å². The molecule has 0 spiro atoms. The molecule has 0 aliphatic rings. The van der Waals surface area contributed by atoms with Gasteiger partial charge in [-0.3, -0.25) is 4.79 Å². The number of carbonyl (C=O) groups is 1. The first-order valence-corrected chi connectivity index (χ1v) is 6.14. The van der Waals surface area contributed by atoms with E-state index in [1.54, 1.807) is 0 Å². The van der Waals surface area contributed by atoms with Crippen molar-refractivity contribution < 1.29 is 26.7 Å². The minimum atomic E-state index is -4.53. The predicted octanol–water partition coefficient (Wildman–Crippen LogP) is 4.90. The Labute approximate surface area is 122 Å². The molecule has 0 fully saturated rings. The number of nitrogens with one attached hydrogen (secondary N) is 1. The van der Waals surface area contributed by atoms with E-state index in [9.17, 15) is 26.7 Å². The van der Waals surface area contributed by atoms with Gasteiger partial charge in [0, 0.05) is 16.8 Å². The first kappa shape index (κ1) is 15.9. The summed E-state index contributed by atoms with van der Waals surface area (Å²) < 4.78 is 62.9. The largest absolute Gasteiger partial charge is 0.416 e. The Bertz CT molecular complexity index is 682. The van der Waals surface area contributed by atoms with E-state index in [4.69, 9.17) is 0 Å². The van der Waals surface area contributed by atoms with Gasteiger partial charge in [0.1, 0.15) is 0 Å². The maximum atomic E-state index is 12.6.